The van der Waals surface area contributed by atoms with Crippen molar-refractivity contribution in [2.45, 2.75) is 31.0 Å². The first kappa shape index (κ1) is 23.0. The fraction of sp³-hybridized carbons (Fsp3) is 0.455. The van der Waals surface area contributed by atoms with Gasteiger partial charge >= 0.3 is 5.97 Å². The zero-order chi connectivity index (χ0) is 22.1. The van der Waals surface area contributed by atoms with Crippen LogP contribution < -0.4 is 4.74 Å². The van der Waals surface area contributed by atoms with Crippen molar-refractivity contribution in [1.82, 2.24) is 9.88 Å². The molecule has 1 aliphatic rings. The van der Waals surface area contributed by atoms with Crippen molar-refractivity contribution in [3.05, 3.63) is 58.1 Å². The van der Waals surface area contributed by atoms with Crippen LogP contribution >= 0.6 is 11.8 Å². The lowest BCUT2D eigenvalue weighted by atomic mass is 10.1. The van der Waals surface area contributed by atoms with Crippen LogP contribution in [0.1, 0.15) is 34.3 Å². The molecule has 1 aromatic heterocycles. The highest BCUT2D eigenvalue weighted by atomic mass is 32.2. The summed E-state index contributed by atoms with van der Waals surface area (Å²) in [5, 5.41) is 1.06. The maximum atomic E-state index is 12.2. The van der Waals surface area contributed by atoms with E-state index >= 15 is 0 Å². The predicted molar refractivity (Wildman–Crippen MR) is 117 cm³/mol. The van der Waals surface area contributed by atoms with Crippen molar-refractivity contribution in [3.63, 3.8) is 0 Å². The first-order valence-electron chi connectivity index (χ1n) is 10.2. The molecule has 1 aliphatic heterocycles. The van der Waals surface area contributed by atoms with Crippen LogP contribution in [0.2, 0.25) is 0 Å². The first-order chi connectivity index (χ1) is 15.0. The number of pyridine rings is 1. The molecular weight excluding hydrogens is 418 g/mol. The first-order valence-corrected chi connectivity index (χ1v) is 11.2. The number of fused-ring (bicyclic) bond motifs is 1. The van der Waals surface area contributed by atoms with Crippen LogP contribution in [-0.4, -0.2) is 60.4 Å². The minimum absolute atomic E-state index is 0.300. The number of thioether (sulfide) groups is 1. The Kier molecular flexibility index (Phi) is 8.66. The van der Waals surface area contributed by atoms with Gasteiger partial charge in [0.1, 0.15) is 10.8 Å². The van der Waals surface area contributed by atoms with Crippen molar-refractivity contribution in [2.75, 3.05) is 39.7 Å². The van der Waals surface area contributed by atoms with E-state index < -0.39 is 0 Å². The van der Waals surface area contributed by atoms with Crippen LogP contribution in [0.5, 0.6) is 5.75 Å². The molecule has 2 aromatic rings. The third-order valence-electron chi connectivity index (χ3n) is 4.82. The summed E-state index contributed by atoms with van der Waals surface area (Å²) >= 11 is 1.77. The van der Waals surface area contributed by atoms with Crippen molar-refractivity contribution in [3.8, 4) is 5.75 Å². The quantitative estimate of drug-likeness (QED) is 0.312. The second kappa shape index (κ2) is 11.7. The molecule has 0 saturated carbocycles. The minimum atomic E-state index is -0.341. The number of hydrogen-bond donors (Lipinski definition) is 0. The van der Waals surface area contributed by atoms with E-state index in [1.165, 1.54) is 12.6 Å². The van der Waals surface area contributed by atoms with E-state index in [0.29, 0.717) is 36.5 Å². The molecule has 0 spiro atoms. The molecule has 2 heterocycles. The summed E-state index contributed by atoms with van der Waals surface area (Å²) in [6, 6.07) is 9.60. The number of hydrogen-bond acceptors (Lipinski definition) is 8. The second-order valence-corrected chi connectivity index (χ2v) is 8.30. The highest BCUT2D eigenvalue weighted by Crippen LogP contribution is 2.28. The topological polar surface area (TPSA) is 81.0 Å². The molecule has 3 rings (SSSR count). The minimum Gasteiger partial charge on any atom is -0.495 e. The highest BCUT2D eigenvalue weighted by Gasteiger charge is 2.17. The Balaban J connectivity index is 1.48. The SMILES string of the molecule is COc1cnc2c(c1)CN(Cc1ccc(C(=O)OCCCCO[N+](C)=O)cc1)CCS2. The number of unbranched alkanes of at least 4 members (excludes halogenated alkanes) is 1. The number of rotatable bonds is 10. The number of carbonyl (C=O) groups excluding carboxylic acids is 1. The second-order valence-electron chi connectivity index (χ2n) is 7.21. The van der Waals surface area contributed by atoms with Crippen LogP contribution in [0.15, 0.2) is 41.6 Å². The normalized spacial score (nSPS) is 13.7. The third kappa shape index (κ3) is 7.22. The van der Waals surface area contributed by atoms with Crippen molar-refractivity contribution in [1.29, 1.82) is 0 Å². The molecule has 1 aromatic carbocycles. The van der Waals surface area contributed by atoms with Gasteiger partial charge in [0.25, 0.3) is 0 Å². The van der Waals surface area contributed by atoms with Crippen LogP contribution in [0.3, 0.4) is 0 Å². The molecule has 0 bridgehead atoms. The maximum Gasteiger partial charge on any atom is 0.338 e. The van der Waals surface area contributed by atoms with Crippen LogP contribution in [0.4, 0.5) is 0 Å². The zero-order valence-electron chi connectivity index (χ0n) is 17.9. The summed E-state index contributed by atoms with van der Waals surface area (Å²) in [5.41, 5.74) is 2.85. The van der Waals surface area contributed by atoms with E-state index in [0.717, 1.165) is 41.7 Å². The summed E-state index contributed by atoms with van der Waals surface area (Å²) in [6.07, 6.45) is 3.06. The molecule has 0 N–H and O–H groups in total. The lowest BCUT2D eigenvalue weighted by molar-refractivity contribution is -0.784. The molecule has 0 atom stereocenters. The lowest BCUT2D eigenvalue weighted by Crippen LogP contribution is -2.24. The Morgan fingerprint density at radius 1 is 1.23 bits per heavy atom. The summed E-state index contributed by atoms with van der Waals surface area (Å²) in [4.78, 5) is 34.9. The zero-order valence-corrected chi connectivity index (χ0v) is 18.7. The fourth-order valence-electron chi connectivity index (χ4n) is 3.21. The summed E-state index contributed by atoms with van der Waals surface area (Å²) in [7, 11) is 2.95. The molecule has 0 aliphatic carbocycles. The smallest absolute Gasteiger partial charge is 0.338 e. The van der Waals surface area contributed by atoms with Crippen molar-refractivity contribution in [2.24, 2.45) is 0 Å². The van der Waals surface area contributed by atoms with Gasteiger partial charge in [-0.15, -0.1) is 11.8 Å². The van der Waals surface area contributed by atoms with Gasteiger partial charge in [0.05, 0.1) is 30.4 Å². The van der Waals surface area contributed by atoms with E-state index in [2.05, 4.69) is 16.0 Å². The van der Waals surface area contributed by atoms with Gasteiger partial charge in [-0.3, -0.25) is 4.90 Å². The molecular formula is C22H28N3O5S+. The number of benzene rings is 1. The van der Waals surface area contributed by atoms with Crippen LogP contribution in [0, 0.1) is 4.91 Å². The van der Waals surface area contributed by atoms with E-state index in [1.54, 1.807) is 37.2 Å². The van der Waals surface area contributed by atoms with Crippen LogP contribution in [-0.2, 0) is 22.7 Å². The summed E-state index contributed by atoms with van der Waals surface area (Å²) in [5.74, 6) is 1.41. The Hall–Kier alpha value is -2.65. The summed E-state index contributed by atoms with van der Waals surface area (Å²) in [6.45, 7) is 3.17. The highest BCUT2D eigenvalue weighted by molar-refractivity contribution is 7.99. The predicted octanol–water partition coefficient (Wildman–Crippen LogP) is 3.48. The van der Waals surface area contributed by atoms with Gasteiger partial charge in [-0.1, -0.05) is 12.1 Å². The molecule has 166 valence electrons. The Bertz CT molecular complexity index is 891. The van der Waals surface area contributed by atoms with Gasteiger partial charge in [0.2, 0.25) is 12.0 Å². The molecule has 9 heteroatoms. The number of methoxy groups -OCH3 is 1. The number of esters is 1. The molecule has 8 nitrogen and oxygen atoms in total. The van der Waals surface area contributed by atoms with Gasteiger partial charge in [-0.25, -0.2) is 14.6 Å². The standard InChI is InChI=1S/C22H28N3O5S/c1-24(27)30-11-4-3-10-29-22(26)18-7-5-17(6-8-18)15-25-9-12-31-21-19(16-25)13-20(28-2)14-23-21/h5-8,13-14H,3-4,9-12,15-16H2,1-2H3/q+1. The van der Waals surface area contributed by atoms with Gasteiger partial charge in [-0.2, -0.15) is 0 Å². The summed E-state index contributed by atoms with van der Waals surface area (Å²) < 4.78 is 10.6. The molecule has 31 heavy (non-hydrogen) atoms. The molecule has 0 fully saturated rings. The number of carbonyl (C=O) groups is 1. The van der Waals surface area contributed by atoms with E-state index in [-0.39, 0.29) is 5.97 Å². The van der Waals surface area contributed by atoms with E-state index in [4.69, 9.17) is 14.3 Å². The van der Waals surface area contributed by atoms with Crippen LogP contribution in [0.25, 0.3) is 0 Å². The molecule has 0 unspecified atom stereocenters. The lowest BCUT2D eigenvalue weighted by Gasteiger charge is -2.20. The molecule has 0 amide bonds. The monoisotopic (exact) mass is 446 g/mol. The largest absolute Gasteiger partial charge is 0.495 e. The Labute approximate surface area is 186 Å². The maximum absolute atomic E-state index is 12.2. The number of nitrogens with zero attached hydrogens (tertiary/aromatic N) is 3. The van der Waals surface area contributed by atoms with E-state index in [1.807, 2.05) is 12.1 Å². The van der Waals surface area contributed by atoms with Gasteiger partial charge in [-0.05, 0) is 36.6 Å². The van der Waals surface area contributed by atoms with E-state index in [9.17, 15) is 9.70 Å². The molecule has 0 radical (unpaired) electrons. The van der Waals surface area contributed by atoms with Gasteiger partial charge in [0, 0.05) is 31.0 Å². The Morgan fingerprint density at radius 2 is 2.00 bits per heavy atom. The average Bonchev–Trinajstić information content (AvgIpc) is 2.97. The fourth-order valence-corrected chi connectivity index (χ4v) is 4.19. The number of aromatic nitrogens is 1. The molecule has 0 saturated heterocycles. The van der Waals surface area contributed by atoms with Crippen molar-refractivity contribution >= 4 is 17.7 Å². The number of ether oxygens (including phenoxy) is 2. The van der Waals surface area contributed by atoms with Gasteiger partial charge < -0.3 is 9.47 Å². The Morgan fingerprint density at radius 3 is 2.74 bits per heavy atom. The third-order valence-corrected chi connectivity index (χ3v) is 5.84. The average molecular weight is 447 g/mol. The van der Waals surface area contributed by atoms with Gasteiger partial charge in [0.15, 0.2) is 6.61 Å². The van der Waals surface area contributed by atoms with Crippen molar-refractivity contribution < 1.29 is 24.0 Å².